The molecule has 2 heterocycles. The summed E-state index contributed by atoms with van der Waals surface area (Å²) in [5.74, 6) is -0.396. The first-order chi connectivity index (χ1) is 12.1. The van der Waals surface area contributed by atoms with Gasteiger partial charge in [0.1, 0.15) is 11.6 Å². The van der Waals surface area contributed by atoms with E-state index in [0.29, 0.717) is 17.4 Å². The van der Waals surface area contributed by atoms with Gasteiger partial charge < -0.3 is 5.32 Å². The van der Waals surface area contributed by atoms with Crippen LogP contribution in [0.4, 0.5) is 0 Å². The number of fused-ring (bicyclic) bond motifs is 1. The van der Waals surface area contributed by atoms with Crippen molar-refractivity contribution < 1.29 is 4.79 Å². The Bertz CT molecular complexity index is 937. The van der Waals surface area contributed by atoms with E-state index < -0.39 is 6.04 Å². The normalized spacial score (nSPS) is 12.3. The highest BCUT2D eigenvalue weighted by Gasteiger charge is 2.27. The maximum absolute atomic E-state index is 12.7. The average molecular weight is 337 g/mol. The number of carbonyl (C=O) groups excluding carboxylic acids is 1. The topological polar surface area (TPSA) is 89.8 Å². The predicted octanol–water partition coefficient (Wildman–Crippen LogP) is 1.70. The fraction of sp³-hybridized carbons (Fsp3) is 0.278. The van der Waals surface area contributed by atoms with Crippen LogP contribution in [0.2, 0.25) is 0 Å². The van der Waals surface area contributed by atoms with Crippen LogP contribution in [0, 0.1) is 5.92 Å². The van der Waals surface area contributed by atoms with Crippen molar-refractivity contribution in [1.29, 1.82) is 0 Å². The van der Waals surface area contributed by atoms with Crippen LogP contribution in [0.5, 0.6) is 0 Å². The van der Waals surface area contributed by atoms with Crippen LogP contribution in [0.15, 0.2) is 53.6 Å². The molecule has 1 N–H and O–H groups in total. The maximum atomic E-state index is 12.7. The molecule has 3 aromatic rings. The Morgan fingerprint density at radius 1 is 1.20 bits per heavy atom. The molecule has 1 atom stereocenters. The molecular formula is C18H19N5O2. The van der Waals surface area contributed by atoms with Gasteiger partial charge in [-0.05, 0) is 29.7 Å². The Kier molecular flexibility index (Phi) is 4.83. The lowest BCUT2D eigenvalue weighted by atomic mass is 10.0. The van der Waals surface area contributed by atoms with E-state index in [1.807, 2.05) is 19.9 Å². The number of hydrogen-bond acceptors (Lipinski definition) is 5. The third-order valence-electron chi connectivity index (χ3n) is 3.94. The molecule has 25 heavy (non-hydrogen) atoms. The third-order valence-corrected chi connectivity index (χ3v) is 3.94. The van der Waals surface area contributed by atoms with E-state index >= 15 is 0 Å². The van der Waals surface area contributed by atoms with Gasteiger partial charge in [0.2, 0.25) is 5.91 Å². The van der Waals surface area contributed by atoms with Crippen molar-refractivity contribution in [1.82, 2.24) is 25.3 Å². The van der Waals surface area contributed by atoms with Gasteiger partial charge in [-0.25, -0.2) is 0 Å². The first-order valence-corrected chi connectivity index (χ1v) is 8.09. The number of hydrogen-bond donors (Lipinski definition) is 1. The van der Waals surface area contributed by atoms with Crippen LogP contribution >= 0.6 is 0 Å². The maximum Gasteiger partial charge on any atom is 0.278 e. The quantitative estimate of drug-likeness (QED) is 0.765. The molecule has 1 aromatic carbocycles. The van der Waals surface area contributed by atoms with E-state index in [0.717, 1.165) is 5.56 Å². The molecule has 0 unspecified atom stereocenters. The number of amides is 1. The lowest BCUT2D eigenvalue weighted by Gasteiger charge is -2.21. The van der Waals surface area contributed by atoms with Gasteiger partial charge in [-0.3, -0.25) is 14.6 Å². The molecule has 128 valence electrons. The Morgan fingerprint density at radius 3 is 2.72 bits per heavy atom. The highest BCUT2D eigenvalue weighted by atomic mass is 16.2. The Hall–Kier alpha value is -3.09. The van der Waals surface area contributed by atoms with Gasteiger partial charge in [-0.1, -0.05) is 37.3 Å². The number of carbonyl (C=O) groups is 1. The first kappa shape index (κ1) is 16.8. The molecule has 0 saturated heterocycles. The fourth-order valence-electron chi connectivity index (χ4n) is 2.68. The molecule has 0 aliphatic rings. The van der Waals surface area contributed by atoms with Crippen molar-refractivity contribution in [2.24, 2.45) is 5.92 Å². The second kappa shape index (κ2) is 7.21. The number of rotatable bonds is 5. The molecule has 1 amide bonds. The van der Waals surface area contributed by atoms with E-state index in [9.17, 15) is 9.59 Å². The zero-order valence-corrected chi connectivity index (χ0v) is 14.1. The lowest BCUT2D eigenvalue weighted by molar-refractivity contribution is -0.126. The van der Waals surface area contributed by atoms with Crippen molar-refractivity contribution in [3.63, 3.8) is 0 Å². The zero-order valence-electron chi connectivity index (χ0n) is 14.1. The summed E-state index contributed by atoms with van der Waals surface area (Å²) >= 11 is 0. The highest BCUT2D eigenvalue weighted by Crippen LogP contribution is 2.16. The van der Waals surface area contributed by atoms with Crippen LogP contribution in [0.25, 0.3) is 10.9 Å². The van der Waals surface area contributed by atoms with Gasteiger partial charge in [0.15, 0.2) is 0 Å². The Morgan fingerprint density at radius 2 is 2.00 bits per heavy atom. The minimum atomic E-state index is -0.735. The van der Waals surface area contributed by atoms with Crippen molar-refractivity contribution in [2.45, 2.75) is 26.4 Å². The number of aromatic nitrogens is 4. The molecule has 0 bridgehead atoms. The largest absolute Gasteiger partial charge is 0.350 e. The number of benzene rings is 1. The van der Waals surface area contributed by atoms with Crippen molar-refractivity contribution in [2.75, 3.05) is 0 Å². The van der Waals surface area contributed by atoms with Crippen LogP contribution in [-0.4, -0.2) is 25.9 Å². The summed E-state index contributed by atoms with van der Waals surface area (Å²) in [6, 6.07) is 9.92. The molecule has 0 aliphatic carbocycles. The first-order valence-electron chi connectivity index (χ1n) is 8.09. The fourth-order valence-corrected chi connectivity index (χ4v) is 2.68. The number of pyridine rings is 1. The molecule has 2 aromatic heterocycles. The molecule has 0 fully saturated rings. The van der Waals surface area contributed by atoms with Crippen molar-refractivity contribution in [3.8, 4) is 0 Å². The van der Waals surface area contributed by atoms with Gasteiger partial charge in [-0.15, -0.1) is 5.10 Å². The third kappa shape index (κ3) is 3.55. The Labute approximate surface area is 144 Å². The molecule has 7 nitrogen and oxygen atoms in total. The monoisotopic (exact) mass is 337 g/mol. The van der Waals surface area contributed by atoms with Crippen molar-refractivity contribution in [3.05, 3.63) is 64.7 Å². The second-order valence-electron chi connectivity index (χ2n) is 6.12. The lowest BCUT2D eigenvalue weighted by Crippen LogP contribution is -2.41. The molecule has 0 radical (unpaired) electrons. The van der Waals surface area contributed by atoms with E-state index in [1.54, 1.807) is 42.7 Å². The van der Waals surface area contributed by atoms with Gasteiger partial charge in [-0.2, -0.15) is 4.68 Å². The molecule has 3 rings (SSSR count). The minimum absolute atomic E-state index is 0.123. The number of nitrogens with one attached hydrogen (secondary N) is 1. The molecular weight excluding hydrogens is 318 g/mol. The smallest absolute Gasteiger partial charge is 0.278 e. The van der Waals surface area contributed by atoms with Gasteiger partial charge >= 0.3 is 0 Å². The molecule has 0 saturated carbocycles. The predicted molar refractivity (Wildman–Crippen MR) is 93.8 cm³/mol. The highest BCUT2D eigenvalue weighted by molar-refractivity contribution is 5.81. The Balaban J connectivity index is 1.89. The van der Waals surface area contributed by atoms with E-state index in [-0.39, 0.29) is 17.4 Å². The van der Waals surface area contributed by atoms with Gasteiger partial charge in [0.05, 0.1) is 5.39 Å². The SMILES string of the molecule is CC(C)[C@@H](C(=O)NCc1cccnc1)n1nnc2ccccc2c1=O. The summed E-state index contributed by atoms with van der Waals surface area (Å²) in [6.07, 6.45) is 3.36. The molecule has 0 aliphatic heterocycles. The van der Waals surface area contributed by atoms with E-state index in [4.69, 9.17) is 0 Å². The summed E-state index contributed by atoms with van der Waals surface area (Å²) in [5, 5.41) is 11.3. The van der Waals surface area contributed by atoms with Crippen LogP contribution in [-0.2, 0) is 11.3 Å². The van der Waals surface area contributed by atoms with Crippen LogP contribution in [0.3, 0.4) is 0 Å². The van der Waals surface area contributed by atoms with E-state index in [1.165, 1.54) is 4.68 Å². The summed E-state index contributed by atoms with van der Waals surface area (Å²) in [7, 11) is 0. The van der Waals surface area contributed by atoms with Crippen molar-refractivity contribution >= 4 is 16.8 Å². The summed E-state index contributed by atoms with van der Waals surface area (Å²) in [5.41, 5.74) is 1.08. The van der Waals surface area contributed by atoms with Gasteiger partial charge in [0.25, 0.3) is 5.56 Å². The van der Waals surface area contributed by atoms with Crippen LogP contribution in [0.1, 0.15) is 25.5 Å². The second-order valence-corrected chi connectivity index (χ2v) is 6.12. The van der Waals surface area contributed by atoms with Crippen LogP contribution < -0.4 is 10.9 Å². The molecule has 0 spiro atoms. The minimum Gasteiger partial charge on any atom is -0.350 e. The van der Waals surface area contributed by atoms with E-state index in [2.05, 4.69) is 20.6 Å². The summed E-state index contributed by atoms with van der Waals surface area (Å²) in [6.45, 7) is 4.08. The number of nitrogens with zero attached hydrogens (tertiary/aromatic N) is 4. The summed E-state index contributed by atoms with van der Waals surface area (Å²) in [4.78, 5) is 29.4. The average Bonchev–Trinajstić information content (AvgIpc) is 2.63. The summed E-state index contributed by atoms with van der Waals surface area (Å²) < 4.78 is 1.17. The zero-order chi connectivity index (χ0) is 17.8. The van der Waals surface area contributed by atoms with Gasteiger partial charge in [0, 0.05) is 18.9 Å². The standard InChI is InChI=1S/C18H19N5O2/c1-12(2)16(17(24)20-11-13-6-5-9-19-10-13)23-18(25)14-7-3-4-8-15(14)21-22-23/h3-10,12,16H,11H2,1-2H3,(H,20,24)/t16-/m0/s1. The molecule has 7 heteroatoms.